The third-order valence-electron chi connectivity index (χ3n) is 0.508. The first-order valence-corrected chi connectivity index (χ1v) is 1.46. The quantitative estimate of drug-likeness (QED) is 0.406. The van der Waals surface area contributed by atoms with Gasteiger partial charge in [0.05, 0.1) is 0 Å². The van der Waals surface area contributed by atoms with Gasteiger partial charge >= 0.3 is 0 Å². The third-order valence-corrected chi connectivity index (χ3v) is 0.508. The van der Waals surface area contributed by atoms with Crippen molar-refractivity contribution in [3.63, 3.8) is 0 Å². The van der Waals surface area contributed by atoms with E-state index in [0.29, 0.717) is 6.79 Å². The molecule has 2 heteroatoms. The smallest absolute Gasteiger partial charge is 0.163 e. The minimum Gasteiger partial charge on any atom is -0.326 e. The monoisotopic (exact) mass is 73.0 g/mol. The van der Waals surface area contributed by atoms with Crippen molar-refractivity contribution >= 4 is 0 Å². The molecule has 0 unspecified atom stereocenters. The van der Waals surface area contributed by atoms with Crippen molar-refractivity contribution in [2.24, 2.45) is 0 Å². The lowest BCUT2D eigenvalue weighted by atomic mass is 10.7. The molecule has 1 saturated heterocycles. The summed E-state index contributed by atoms with van der Waals surface area (Å²) in [6.07, 6.45) is -0.185. The lowest BCUT2D eigenvalue weighted by Gasteiger charge is -2.21. The molecular weight excluding hydrogens is 68.0 g/mol. The molecule has 0 bridgehead atoms. The van der Waals surface area contributed by atoms with Crippen LogP contribution in [0, 0.1) is 6.92 Å². The second-order valence-electron chi connectivity index (χ2n) is 0.881. The zero-order chi connectivity index (χ0) is 3.70. The number of rotatable bonds is 0. The van der Waals surface area contributed by atoms with Crippen LogP contribution in [0.2, 0.25) is 0 Å². The van der Waals surface area contributed by atoms with Crippen molar-refractivity contribution in [3.8, 4) is 0 Å². The lowest BCUT2D eigenvalue weighted by molar-refractivity contribution is -0.297. The van der Waals surface area contributed by atoms with Crippen LogP contribution in [-0.2, 0) is 9.47 Å². The summed E-state index contributed by atoms with van der Waals surface area (Å²) in [7, 11) is 0. The highest BCUT2D eigenvalue weighted by atomic mass is 16.8. The number of hydrogen-bond acceptors (Lipinski definition) is 2. The molecule has 0 N–H and O–H groups in total. The summed E-state index contributed by atoms with van der Waals surface area (Å²) in [6, 6.07) is 0. The van der Waals surface area contributed by atoms with Crippen LogP contribution in [0.25, 0.3) is 0 Å². The molecule has 29 valence electrons. The van der Waals surface area contributed by atoms with Crippen LogP contribution in [0.5, 0.6) is 0 Å². The van der Waals surface area contributed by atoms with Crippen molar-refractivity contribution in [3.05, 3.63) is 6.92 Å². The molecule has 1 aliphatic rings. The predicted molar refractivity (Wildman–Crippen MR) is 16.2 cm³/mol. The molecule has 0 aromatic rings. The molecule has 1 aliphatic heterocycles. The average molecular weight is 73.1 g/mol. The zero-order valence-corrected chi connectivity index (χ0v) is 2.81. The fourth-order valence-corrected chi connectivity index (χ4v) is 0.164. The van der Waals surface area contributed by atoms with Crippen molar-refractivity contribution in [2.75, 3.05) is 6.79 Å². The van der Waals surface area contributed by atoms with Gasteiger partial charge in [0, 0.05) is 6.92 Å². The zero-order valence-electron chi connectivity index (χ0n) is 2.81. The SMILES string of the molecule is [CH2]C1OCO1. The van der Waals surface area contributed by atoms with Gasteiger partial charge in [0.25, 0.3) is 0 Å². The Balaban J connectivity index is 2.08. The van der Waals surface area contributed by atoms with E-state index in [0.717, 1.165) is 0 Å². The Bertz CT molecular complexity index is 31.9. The maximum absolute atomic E-state index is 4.60. The summed E-state index contributed by atoms with van der Waals surface area (Å²) in [5.41, 5.74) is 0. The van der Waals surface area contributed by atoms with Gasteiger partial charge in [-0.3, -0.25) is 0 Å². The van der Waals surface area contributed by atoms with E-state index in [4.69, 9.17) is 0 Å². The Morgan fingerprint density at radius 2 is 2.00 bits per heavy atom. The molecule has 5 heavy (non-hydrogen) atoms. The van der Waals surface area contributed by atoms with Crippen LogP contribution >= 0.6 is 0 Å². The van der Waals surface area contributed by atoms with E-state index in [2.05, 4.69) is 16.4 Å². The number of hydrogen-bond donors (Lipinski definition) is 0. The fraction of sp³-hybridized carbons (Fsp3) is 0.667. The molecule has 1 rings (SSSR count). The Morgan fingerprint density at radius 1 is 1.60 bits per heavy atom. The van der Waals surface area contributed by atoms with Crippen LogP contribution in [0.15, 0.2) is 0 Å². The van der Waals surface area contributed by atoms with Gasteiger partial charge < -0.3 is 9.47 Å². The Hall–Kier alpha value is -0.0800. The molecule has 0 aromatic heterocycles. The maximum atomic E-state index is 4.60. The van der Waals surface area contributed by atoms with Gasteiger partial charge in [-0.05, 0) is 0 Å². The molecule has 1 fully saturated rings. The molecule has 2 nitrogen and oxygen atoms in total. The summed E-state index contributed by atoms with van der Waals surface area (Å²) < 4.78 is 9.19. The van der Waals surface area contributed by atoms with Crippen LogP contribution in [0.4, 0.5) is 0 Å². The van der Waals surface area contributed by atoms with Gasteiger partial charge in [-0.25, -0.2) is 0 Å². The van der Waals surface area contributed by atoms with Gasteiger partial charge in [0.1, 0.15) is 0 Å². The highest BCUT2D eigenvalue weighted by Crippen LogP contribution is 2.01. The topological polar surface area (TPSA) is 18.5 Å². The Labute approximate surface area is 30.7 Å². The minimum absolute atomic E-state index is 0.185. The summed E-state index contributed by atoms with van der Waals surface area (Å²) in [5, 5.41) is 0. The van der Waals surface area contributed by atoms with E-state index in [1.54, 1.807) is 0 Å². The van der Waals surface area contributed by atoms with Gasteiger partial charge in [0.2, 0.25) is 0 Å². The van der Waals surface area contributed by atoms with Gasteiger partial charge in [-0.1, -0.05) is 0 Å². The van der Waals surface area contributed by atoms with Gasteiger partial charge in [0.15, 0.2) is 13.1 Å². The van der Waals surface area contributed by atoms with E-state index < -0.39 is 0 Å². The largest absolute Gasteiger partial charge is 0.326 e. The summed E-state index contributed by atoms with van der Waals surface area (Å²) in [5.74, 6) is 0. The van der Waals surface area contributed by atoms with Gasteiger partial charge in [-0.15, -0.1) is 0 Å². The first-order chi connectivity index (χ1) is 2.39. The average Bonchev–Trinajstić information content (AvgIpc) is 1.30. The summed E-state index contributed by atoms with van der Waals surface area (Å²) in [6.45, 7) is 3.82. The predicted octanol–water partition coefficient (Wildman–Crippen LogP) is 0.151. The summed E-state index contributed by atoms with van der Waals surface area (Å²) in [4.78, 5) is 0. The van der Waals surface area contributed by atoms with E-state index >= 15 is 0 Å². The standard InChI is InChI=1S/C3H5O2/c1-3-4-2-5-3/h3H,1-2H2. The van der Waals surface area contributed by atoms with Crippen LogP contribution in [0.1, 0.15) is 0 Å². The van der Waals surface area contributed by atoms with Gasteiger partial charge in [-0.2, -0.15) is 0 Å². The van der Waals surface area contributed by atoms with E-state index in [-0.39, 0.29) is 6.29 Å². The molecule has 1 heterocycles. The van der Waals surface area contributed by atoms with Crippen LogP contribution in [0.3, 0.4) is 0 Å². The normalized spacial score (nSPS) is 25.8. The minimum atomic E-state index is -0.185. The van der Waals surface area contributed by atoms with Crippen molar-refractivity contribution in [1.29, 1.82) is 0 Å². The summed E-state index contributed by atoms with van der Waals surface area (Å²) >= 11 is 0. The molecule has 0 saturated carbocycles. The highest BCUT2D eigenvalue weighted by molar-refractivity contribution is 4.46. The van der Waals surface area contributed by atoms with E-state index in [1.165, 1.54) is 0 Å². The second-order valence-corrected chi connectivity index (χ2v) is 0.881. The Kier molecular flexibility index (Phi) is 0.596. The lowest BCUT2D eigenvalue weighted by Crippen LogP contribution is -2.26. The Morgan fingerprint density at radius 3 is 2.00 bits per heavy atom. The highest BCUT2D eigenvalue weighted by Gasteiger charge is 2.09. The molecule has 0 spiro atoms. The molecule has 0 atom stereocenters. The van der Waals surface area contributed by atoms with Crippen molar-refractivity contribution in [1.82, 2.24) is 0 Å². The van der Waals surface area contributed by atoms with Crippen LogP contribution in [-0.4, -0.2) is 13.1 Å². The number of ether oxygens (including phenoxy) is 2. The molecular formula is C3H5O2. The first kappa shape index (κ1) is 3.12. The maximum Gasteiger partial charge on any atom is 0.163 e. The van der Waals surface area contributed by atoms with E-state index in [9.17, 15) is 0 Å². The molecule has 1 radical (unpaired) electrons. The first-order valence-electron chi connectivity index (χ1n) is 1.46. The molecule has 0 amide bonds. The van der Waals surface area contributed by atoms with Crippen molar-refractivity contribution in [2.45, 2.75) is 6.29 Å². The second kappa shape index (κ2) is 0.954. The van der Waals surface area contributed by atoms with Crippen LogP contribution < -0.4 is 0 Å². The van der Waals surface area contributed by atoms with Crippen molar-refractivity contribution < 1.29 is 9.47 Å². The fourth-order valence-electron chi connectivity index (χ4n) is 0.164. The molecule has 0 aromatic carbocycles. The molecule has 0 aliphatic carbocycles. The van der Waals surface area contributed by atoms with E-state index in [1.807, 2.05) is 0 Å². The third kappa shape index (κ3) is 0.412.